The van der Waals surface area contributed by atoms with Crippen molar-refractivity contribution in [2.75, 3.05) is 14.1 Å². The van der Waals surface area contributed by atoms with Crippen molar-refractivity contribution in [2.24, 2.45) is 11.8 Å². The molecule has 0 heterocycles. The van der Waals surface area contributed by atoms with Gasteiger partial charge in [-0.1, -0.05) is 45.9 Å². The Labute approximate surface area is 113 Å². The lowest BCUT2D eigenvalue weighted by molar-refractivity contribution is 0.222. The van der Waals surface area contributed by atoms with E-state index in [9.17, 15) is 0 Å². The second kappa shape index (κ2) is 6.38. The monoisotopic (exact) mass is 248 g/mol. The van der Waals surface area contributed by atoms with E-state index >= 15 is 0 Å². The van der Waals surface area contributed by atoms with E-state index in [1.165, 1.54) is 18.5 Å². The van der Waals surface area contributed by atoms with E-state index in [0.29, 0.717) is 6.04 Å². The molecule has 0 aliphatic heterocycles. The van der Waals surface area contributed by atoms with E-state index < -0.39 is 0 Å². The second-order valence-corrected chi connectivity index (χ2v) is 6.79. The molecule has 0 spiro atoms. The van der Waals surface area contributed by atoms with Gasteiger partial charge in [-0.3, -0.25) is 4.48 Å². The molecule has 102 valence electrons. The van der Waals surface area contributed by atoms with Gasteiger partial charge >= 0.3 is 0 Å². The van der Waals surface area contributed by atoms with Crippen LogP contribution in [-0.2, 0) is 0 Å². The number of hydrogen-bond donors (Lipinski definition) is 0. The van der Waals surface area contributed by atoms with Crippen LogP contribution in [0.2, 0.25) is 0 Å². The predicted octanol–water partition coefficient (Wildman–Crippen LogP) is 4.71. The van der Waals surface area contributed by atoms with Gasteiger partial charge in [0.2, 0.25) is 0 Å². The lowest BCUT2D eigenvalue weighted by Crippen LogP contribution is -2.51. The Morgan fingerprint density at radius 1 is 0.833 bits per heavy atom. The van der Waals surface area contributed by atoms with Crippen LogP contribution in [0, 0.1) is 11.8 Å². The Morgan fingerprint density at radius 3 is 1.67 bits per heavy atom. The molecule has 0 saturated carbocycles. The number of para-hydroxylation sites is 1. The molecule has 0 atom stereocenters. The molecule has 0 N–H and O–H groups in total. The van der Waals surface area contributed by atoms with E-state index in [0.717, 1.165) is 16.3 Å². The number of hydrogen-bond acceptors (Lipinski definition) is 0. The summed E-state index contributed by atoms with van der Waals surface area (Å²) in [5.41, 5.74) is 1.42. The van der Waals surface area contributed by atoms with Gasteiger partial charge in [-0.25, -0.2) is 0 Å². The normalized spacial score (nSPS) is 12.7. The van der Waals surface area contributed by atoms with Crippen molar-refractivity contribution in [3.8, 4) is 0 Å². The minimum atomic E-state index is 0.701. The van der Waals surface area contributed by atoms with Gasteiger partial charge in [0, 0.05) is 12.8 Å². The second-order valence-electron chi connectivity index (χ2n) is 6.79. The smallest absolute Gasteiger partial charge is 0.132 e. The fourth-order valence-corrected chi connectivity index (χ4v) is 2.73. The molecule has 1 aromatic carbocycles. The van der Waals surface area contributed by atoms with Crippen molar-refractivity contribution in [3.63, 3.8) is 0 Å². The van der Waals surface area contributed by atoms with Gasteiger partial charge in [0.1, 0.15) is 5.69 Å². The summed E-state index contributed by atoms with van der Waals surface area (Å²) >= 11 is 0. The molecule has 0 aromatic heterocycles. The highest BCUT2D eigenvalue weighted by Crippen LogP contribution is 2.29. The van der Waals surface area contributed by atoms with Gasteiger partial charge in [0.05, 0.1) is 20.1 Å². The van der Waals surface area contributed by atoms with Crippen LogP contribution in [0.5, 0.6) is 0 Å². The fraction of sp³-hybridized carbons (Fsp3) is 0.647. The molecule has 0 aliphatic carbocycles. The summed E-state index contributed by atoms with van der Waals surface area (Å²) in [4.78, 5) is 0. The molecule has 0 unspecified atom stereocenters. The zero-order valence-electron chi connectivity index (χ0n) is 13.0. The van der Waals surface area contributed by atoms with Gasteiger partial charge in [-0.2, -0.15) is 0 Å². The lowest BCUT2D eigenvalue weighted by Gasteiger charge is -2.39. The van der Waals surface area contributed by atoms with Crippen molar-refractivity contribution in [1.82, 2.24) is 4.48 Å². The van der Waals surface area contributed by atoms with E-state index in [1.54, 1.807) is 0 Å². The zero-order chi connectivity index (χ0) is 13.8. The Kier molecular flexibility index (Phi) is 5.40. The van der Waals surface area contributed by atoms with Gasteiger partial charge in [0.25, 0.3) is 0 Å². The van der Waals surface area contributed by atoms with Gasteiger partial charge in [0.15, 0.2) is 0 Å². The highest BCUT2D eigenvalue weighted by molar-refractivity contribution is 5.42. The average Bonchev–Trinajstić information content (AvgIpc) is 2.28. The summed E-state index contributed by atoms with van der Waals surface area (Å²) in [6.07, 6.45) is 2.58. The predicted molar refractivity (Wildman–Crippen MR) is 82.8 cm³/mol. The van der Waals surface area contributed by atoms with E-state index in [2.05, 4.69) is 72.1 Å². The van der Waals surface area contributed by atoms with Crippen LogP contribution >= 0.6 is 0 Å². The maximum Gasteiger partial charge on any atom is 0.132 e. The zero-order valence-corrected chi connectivity index (χ0v) is 13.0. The standard InChI is InChI=1S/C17H30N/c1-14(2)12-17(13-15(3)4)18(5,6)16-10-8-7-9-11-16/h7-11,14-15,17H,12-13H2,1-6H3/q+1. The molecule has 0 amide bonds. The number of benzene rings is 1. The average molecular weight is 248 g/mol. The Bertz CT molecular complexity index is 328. The largest absolute Gasteiger partial charge is 0.294 e. The fourth-order valence-electron chi connectivity index (χ4n) is 2.73. The molecule has 1 heteroatoms. The first-order valence-electron chi connectivity index (χ1n) is 7.23. The van der Waals surface area contributed by atoms with Crippen LogP contribution in [0.1, 0.15) is 40.5 Å². The highest BCUT2D eigenvalue weighted by Gasteiger charge is 2.31. The Morgan fingerprint density at radius 2 is 1.28 bits per heavy atom. The molecule has 1 nitrogen and oxygen atoms in total. The molecule has 0 aliphatic rings. The molecular formula is C17H30N+. The minimum absolute atomic E-state index is 0.701. The molecule has 1 rings (SSSR count). The molecular weight excluding hydrogens is 218 g/mol. The topological polar surface area (TPSA) is 0 Å². The number of rotatable bonds is 6. The third-order valence-corrected chi connectivity index (χ3v) is 3.82. The maximum absolute atomic E-state index is 2.35. The van der Waals surface area contributed by atoms with Crippen molar-refractivity contribution >= 4 is 5.69 Å². The molecule has 18 heavy (non-hydrogen) atoms. The summed E-state index contributed by atoms with van der Waals surface area (Å²) in [7, 11) is 4.70. The summed E-state index contributed by atoms with van der Waals surface area (Å²) in [5.74, 6) is 1.52. The summed E-state index contributed by atoms with van der Waals surface area (Å²) in [5, 5.41) is 0. The van der Waals surface area contributed by atoms with E-state index in [1.807, 2.05) is 0 Å². The third kappa shape index (κ3) is 4.13. The summed E-state index contributed by atoms with van der Waals surface area (Å²) < 4.78 is 0.997. The van der Waals surface area contributed by atoms with Crippen molar-refractivity contribution in [3.05, 3.63) is 30.3 Å². The summed E-state index contributed by atoms with van der Waals surface area (Å²) in [6, 6.07) is 11.6. The first-order valence-corrected chi connectivity index (χ1v) is 7.23. The van der Waals surface area contributed by atoms with Gasteiger partial charge < -0.3 is 0 Å². The lowest BCUT2D eigenvalue weighted by atomic mass is 9.92. The molecule has 0 bridgehead atoms. The van der Waals surface area contributed by atoms with Crippen LogP contribution in [0.3, 0.4) is 0 Å². The SMILES string of the molecule is CC(C)CC(CC(C)C)[N+](C)(C)c1ccccc1. The molecule has 0 saturated heterocycles. The highest BCUT2D eigenvalue weighted by atomic mass is 15.3. The first kappa shape index (κ1) is 15.2. The van der Waals surface area contributed by atoms with Crippen molar-refractivity contribution in [1.29, 1.82) is 0 Å². The Hall–Kier alpha value is -0.820. The number of nitrogens with zero attached hydrogens (tertiary/aromatic N) is 1. The van der Waals surface area contributed by atoms with E-state index in [4.69, 9.17) is 0 Å². The first-order chi connectivity index (χ1) is 8.34. The quantitative estimate of drug-likeness (QED) is 0.639. The van der Waals surface area contributed by atoms with E-state index in [-0.39, 0.29) is 0 Å². The van der Waals surface area contributed by atoms with Crippen LogP contribution in [0.25, 0.3) is 0 Å². The van der Waals surface area contributed by atoms with Crippen molar-refractivity contribution in [2.45, 2.75) is 46.6 Å². The molecule has 0 fully saturated rings. The van der Waals surface area contributed by atoms with Crippen LogP contribution in [0.15, 0.2) is 30.3 Å². The van der Waals surface area contributed by atoms with Gasteiger partial charge in [-0.15, -0.1) is 0 Å². The van der Waals surface area contributed by atoms with Crippen molar-refractivity contribution < 1.29 is 0 Å². The molecule has 0 radical (unpaired) electrons. The van der Waals surface area contributed by atoms with Gasteiger partial charge in [-0.05, 0) is 24.0 Å². The minimum Gasteiger partial charge on any atom is -0.294 e. The summed E-state index contributed by atoms with van der Waals surface area (Å²) in [6.45, 7) is 9.33. The van der Waals surface area contributed by atoms with Crippen LogP contribution in [-0.4, -0.2) is 20.1 Å². The molecule has 1 aromatic rings. The Balaban J connectivity index is 2.95. The number of quaternary nitrogens is 1. The van der Waals surface area contributed by atoms with Crippen LogP contribution in [0.4, 0.5) is 5.69 Å². The maximum atomic E-state index is 2.35. The third-order valence-electron chi connectivity index (χ3n) is 3.82. The van der Waals surface area contributed by atoms with Crippen LogP contribution < -0.4 is 4.48 Å².